The van der Waals surface area contributed by atoms with E-state index in [1.54, 1.807) is 16.7 Å². The van der Waals surface area contributed by atoms with E-state index in [9.17, 15) is 14.4 Å². The van der Waals surface area contributed by atoms with Crippen LogP contribution in [0.5, 0.6) is 0 Å². The maximum Gasteiger partial charge on any atom is 0.410 e. The van der Waals surface area contributed by atoms with Crippen LogP contribution in [0.3, 0.4) is 0 Å². The molecule has 39 heavy (non-hydrogen) atoms. The van der Waals surface area contributed by atoms with Gasteiger partial charge in [0.1, 0.15) is 6.04 Å². The quantitative estimate of drug-likeness (QED) is 0.383. The summed E-state index contributed by atoms with van der Waals surface area (Å²) in [7, 11) is 4.39. The molecule has 3 amide bonds. The number of benzene rings is 2. The minimum atomic E-state index is -0.754. The Morgan fingerprint density at radius 2 is 1.46 bits per heavy atom. The first kappa shape index (κ1) is 30.1. The molecule has 2 atom stereocenters. The Hall–Kier alpha value is -3.43. The molecule has 2 aromatic rings. The molecule has 1 N–H and O–H groups in total. The van der Waals surface area contributed by atoms with Crippen LogP contribution in [-0.2, 0) is 23.8 Å². The third-order valence-corrected chi connectivity index (χ3v) is 7.29. The number of methoxy groups -OCH3 is 3. The van der Waals surface area contributed by atoms with Gasteiger partial charge in [-0.3, -0.25) is 14.5 Å². The molecule has 0 fully saturated rings. The molecule has 9 nitrogen and oxygen atoms in total. The van der Waals surface area contributed by atoms with Crippen LogP contribution in [-0.4, -0.2) is 81.0 Å². The number of amides is 3. The number of rotatable bonds is 13. The Bertz CT molecular complexity index is 1090. The summed E-state index contributed by atoms with van der Waals surface area (Å²) >= 11 is 0. The Morgan fingerprint density at radius 1 is 0.897 bits per heavy atom. The lowest BCUT2D eigenvalue weighted by molar-refractivity contribution is -0.149. The molecular weight excluding hydrogens is 498 g/mol. The van der Waals surface area contributed by atoms with Crippen molar-refractivity contribution in [3.8, 4) is 11.1 Å². The Labute approximate surface area is 231 Å². The molecule has 0 bridgehead atoms. The van der Waals surface area contributed by atoms with Crippen molar-refractivity contribution in [3.63, 3.8) is 0 Å². The van der Waals surface area contributed by atoms with Gasteiger partial charge < -0.3 is 24.4 Å². The van der Waals surface area contributed by atoms with Crippen LogP contribution in [0.2, 0.25) is 0 Å². The van der Waals surface area contributed by atoms with E-state index in [1.165, 1.54) is 21.3 Å². The van der Waals surface area contributed by atoms with Crippen molar-refractivity contribution in [3.05, 3.63) is 59.7 Å². The summed E-state index contributed by atoms with van der Waals surface area (Å²) in [6.07, 6.45) is -0.163. The summed E-state index contributed by atoms with van der Waals surface area (Å²) in [6, 6.07) is 14.8. The van der Waals surface area contributed by atoms with Crippen molar-refractivity contribution in [2.45, 2.75) is 52.0 Å². The third kappa shape index (κ3) is 7.16. The van der Waals surface area contributed by atoms with Gasteiger partial charge in [-0.1, -0.05) is 68.8 Å². The van der Waals surface area contributed by atoms with Gasteiger partial charge in [-0.15, -0.1) is 0 Å². The predicted molar refractivity (Wildman–Crippen MR) is 149 cm³/mol. The normalized spacial score (nSPS) is 13.8. The molecule has 0 spiro atoms. The van der Waals surface area contributed by atoms with Crippen molar-refractivity contribution in [2.24, 2.45) is 5.92 Å². The number of ether oxygens (including phenoxy) is 3. The minimum absolute atomic E-state index is 0.0116. The highest BCUT2D eigenvalue weighted by Gasteiger charge is 2.36. The maximum absolute atomic E-state index is 13.3. The van der Waals surface area contributed by atoms with Gasteiger partial charge in [0.15, 0.2) is 6.29 Å². The summed E-state index contributed by atoms with van der Waals surface area (Å²) in [4.78, 5) is 42.5. The van der Waals surface area contributed by atoms with Gasteiger partial charge in [-0.05, 0) is 35.1 Å². The molecule has 212 valence electrons. The van der Waals surface area contributed by atoms with Gasteiger partial charge in [0.2, 0.25) is 11.8 Å². The fourth-order valence-corrected chi connectivity index (χ4v) is 4.96. The average Bonchev–Trinajstić information content (AvgIpc) is 3.28. The van der Waals surface area contributed by atoms with Crippen LogP contribution in [0.15, 0.2) is 48.5 Å². The van der Waals surface area contributed by atoms with Crippen LogP contribution < -0.4 is 5.32 Å². The fourth-order valence-electron chi connectivity index (χ4n) is 4.96. The highest BCUT2D eigenvalue weighted by Crippen LogP contribution is 2.46. The van der Waals surface area contributed by atoms with E-state index in [-0.39, 0.29) is 43.3 Å². The van der Waals surface area contributed by atoms with Crippen molar-refractivity contribution in [1.82, 2.24) is 15.1 Å². The zero-order valence-electron chi connectivity index (χ0n) is 23.8. The van der Waals surface area contributed by atoms with E-state index in [4.69, 9.17) is 14.2 Å². The SMILES string of the molecule is CCC(C)CN(CC(OC)OC)C(=O)[C@H](C)NC(=O)CCN(C(=O)OC)C1c2ccccc2-c2ccccc21. The Kier molecular flexibility index (Phi) is 10.9. The molecule has 9 heteroatoms. The highest BCUT2D eigenvalue weighted by molar-refractivity contribution is 5.88. The number of carbonyl (C=O) groups excluding carboxylic acids is 3. The average molecular weight is 540 g/mol. The summed E-state index contributed by atoms with van der Waals surface area (Å²) in [6.45, 7) is 6.71. The molecule has 2 aromatic carbocycles. The van der Waals surface area contributed by atoms with Gasteiger partial charge in [0.05, 0.1) is 19.7 Å². The zero-order valence-corrected chi connectivity index (χ0v) is 23.8. The van der Waals surface area contributed by atoms with Crippen molar-refractivity contribution >= 4 is 17.9 Å². The summed E-state index contributed by atoms with van der Waals surface area (Å²) < 4.78 is 15.7. The van der Waals surface area contributed by atoms with Gasteiger partial charge in [-0.25, -0.2) is 4.79 Å². The molecule has 0 heterocycles. The van der Waals surface area contributed by atoms with Crippen molar-refractivity contribution in [2.75, 3.05) is 41.0 Å². The van der Waals surface area contributed by atoms with E-state index in [2.05, 4.69) is 19.2 Å². The second kappa shape index (κ2) is 14.1. The van der Waals surface area contributed by atoms with E-state index in [0.29, 0.717) is 6.54 Å². The lowest BCUT2D eigenvalue weighted by Gasteiger charge is -2.31. The summed E-state index contributed by atoms with van der Waals surface area (Å²) in [5, 5.41) is 2.81. The van der Waals surface area contributed by atoms with E-state index < -0.39 is 18.4 Å². The van der Waals surface area contributed by atoms with E-state index in [0.717, 1.165) is 28.7 Å². The van der Waals surface area contributed by atoms with Gasteiger partial charge in [-0.2, -0.15) is 0 Å². The Balaban J connectivity index is 1.71. The van der Waals surface area contributed by atoms with E-state index >= 15 is 0 Å². The smallest absolute Gasteiger partial charge is 0.410 e. The first-order chi connectivity index (χ1) is 18.7. The van der Waals surface area contributed by atoms with Crippen LogP contribution >= 0.6 is 0 Å². The van der Waals surface area contributed by atoms with Crippen molar-refractivity contribution in [1.29, 1.82) is 0 Å². The first-order valence-electron chi connectivity index (χ1n) is 13.4. The highest BCUT2D eigenvalue weighted by atomic mass is 16.7. The van der Waals surface area contributed by atoms with Gasteiger partial charge >= 0.3 is 6.09 Å². The first-order valence-corrected chi connectivity index (χ1v) is 13.4. The lowest BCUT2D eigenvalue weighted by atomic mass is 10.0. The van der Waals surface area contributed by atoms with Crippen LogP contribution in [0.1, 0.15) is 50.8 Å². The molecule has 1 aliphatic rings. The standard InChI is InChI=1S/C30H41N3O6/c1-7-20(2)18-32(19-27(37-4)38-5)29(35)21(3)31-26(34)16-17-33(30(36)39-6)28-24-14-10-8-12-22(24)23-13-9-11-15-25(23)28/h8-15,20-21,27-28H,7,16-19H2,1-6H3,(H,31,34)/t20?,21-/m0/s1. The van der Waals surface area contributed by atoms with Crippen LogP contribution in [0, 0.1) is 5.92 Å². The zero-order chi connectivity index (χ0) is 28.5. The number of nitrogens with zero attached hydrogens (tertiary/aromatic N) is 2. The maximum atomic E-state index is 13.3. The third-order valence-electron chi connectivity index (χ3n) is 7.29. The number of hydrogen-bond acceptors (Lipinski definition) is 6. The minimum Gasteiger partial charge on any atom is -0.453 e. The number of hydrogen-bond donors (Lipinski definition) is 1. The predicted octanol–water partition coefficient (Wildman–Crippen LogP) is 4.21. The number of carbonyl (C=O) groups is 3. The molecular formula is C30H41N3O6. The topological polar surface area (TPSA) is 97.4 Å². The van der Waals surface area contributed by atoms with Crippen molar-refractivity contribution < 1.29 is 28.6 Å². The van der Waals surface area contributed by atoms with E-state index in [1.807, 2.05) is 48.5 Å². The molecule has 0 aliphatic heterocycles. The second-order valence-corrected chi connectivity index (χ2v) is 9.94. The number of fused-ring (bicyclic) bond motifs is 3. The second-order valence-electron chi connectivity index (χ2n) is 9.94. The monoisotopic (exact) mass is 539 g/mol. The molecule has 0 radical (unpaired) electrons. The molecule has 3 rings (SSSR count). The van der Waals surface area contributed by atoms with Gasteiger partial charge in [0, 0.05) is 33.7 Å². The molecule has 0 saturated carbocycles. The molecule has 0 saturated heterocycles. The van der Waals surface area contributed by atoms with Gasteiger partial charge in [0.25, 0.3) is 0 Å². The molecule has 0 aromatic heterocycles. The lowest BCUT2D eigenvalue weighted by Crippen LogP contribution is -2.51. The molecule has 1 aliphatic carbocycles. The molecule has 1 unspecified atom stereocenters. The largest absolute Gasteiger partial charge is 0.453 e. The van der Waals surface area contributed by atoms with Crippen LogP contribution in [0.4, 0.5) is 4.79 Å². The van der Waals surface area contributed by atoms with Crippen LogP contribution in [0.25, 0.3) is 11.1 Å². The summed E-state index contributed by atoms with van der Waals surface area (Å²) in [5.74, 6) is -0.272. The fraction of sp³-hybridized carbons (Fsp3) is 0.500. The number of nitrogens with one attached hydrogen (secondary N) is 1. The Morgan fingerprint density at radius 3 is 1.97 bits per heavy atom. The summed E-state index contributed by atoms with van der Waals surface area (Å²) in [5.41, 5.74) is 4.09.